The van der Waals surface area contributed by atoms with E-state index in [0.29, 0.717) is 24.1 Å². The van der Waals surface area contributed by atoms with Gasteiger partial charge in [0.1, 0.15) is 0 Å². The van der Waals surface area contributed by atoms with E-state index in [2.05, 4.69) is 34.7 Å². The van der Waals surface area contributed by atoms with Crippen LogP contribution in [0.1, 0.15) is 59.4 Å². The van der Waals surface area contributed by atoms with Crippen LogP contribution in [0, 0.1) is 12.8 Å². The third-order valence-corrected chi connectivity index (χ3v) is 6.37. The van der Waals surface area contributed by atoms with Crippen molar-refractivity contribution in [2.45, 2.75) is 57.9 Å². The summed E-state index contributed by atoms with van der Waals surface area (Å²) in [7, 11) is 1.87. The molecule has 1 saturated heterocycles. The summed E-state index contributed by atoms with van der Waals surface area (Å²) in [6.45, 7) is 3.56. The highest BCUT2D eigenvalue weighted by atomic mass is 16.2. The first kappa shape index (κ1) is 20.6. The Labute approximate surface area is 178 Å². The molecule has 0 bridgehead atoms. The van der Waals surface area contributed by atoms with Gasteiger partial charge in [-0.3, -0.25) is 14.3 Å². The summed E-state index contributed by atoms with van der Waals surface area (Å²) in [5.41, 5.74) is 4.11. The van der Waals surface area contributed by atoms with Crippen LogP contribution in [0.5, 0.6) is 0 Å². The molecule has 1 aliphatic carbocycles. The molecule has 0 spiro atoms. The van der Waals surface area contributed by atoms with Gasteiger partial charge >= 0.3 is 0 Å². The van der Waals surface area contributed by atoms with Crippen molar-refractivity contribution in [2.75, 3.05) is 13.1 Å². The molecular formula is C24H32N4O2. The van der Waals surface area contributed by atoms with E-state index in [1.165, 1.54) is 11.1 Å². The quantitative estimate of drug-likeness (QED) is 0.766. The lowest BCUT2D eigenvalue weighted by atomic mass is 9.89. The lowest BCUT2D eigenvalue weighted by Crippen LogP contribution is -2.39. The number of aromatic nitrogens is 2. The molecule has 1 aliphatic heterocycles. The number of amides is 2. The van der Waals surface area contributed by atoms with E-state index in [0.717, 1.165) is 57.3 Å². The van der Waals surface area contributed by atoms with E-state index in [1.54, 1.807) is 4.68 Å². The molecule has 160 valence electrons. The summed E-state index contributed by atoms with van der Waals surface area (Å²) in [6, 6.07) is 11.0. The number of aryl methyl sites for hydroxylation is 3. The number of nitrogens with one attached hydrogen (secondary N) is 1. The second kappa shape index (κ2) is 9.02. The molecule has 2 amide bonds. The van der Waals surface area contributed by atoms with Crippen molar-refractivity contribution in [3.63, 3.8) is 0 Å². The van der Waals surface area contributed by atoms with Gasteiger partial charge in [0.25, 0.3) is 5.91 Å². The lowest BCUT2D eigenvalue weighted by molar-refractivity contribution is -0.121. The monoisotopic (exact) mass is 408 g/mol. The third kappa shape index (κ3) is 5.29. The molecule has 0 unspecified atom stereocenters. The van der Waals surface area contributed by atoms with E-state index in [4.69, 9.17) is 0 Å². The zero-order chi connectivity index (χ0) is 21.1. The lowest BCUT2D eigenvalue weighted by Gasteiger charge is -2.31. The molecule has 2 aromatic rings. The van der Waals surface area contributed by atoms with Crippen molar-refractivity contribution >= 4 is 11.8 Å². The summed E-state index contributed by atoms with van der Waals surface area (Å²) >= 11 is 0. The number of carbonyl (C=O) groups excluding carboxylic acids is 2. The van der Waals surface area contributed by atoms with Crippen molar-refractivity contribution < 1.29 is 9.59 Å². The Kier molecular flexibility index (Phi) is 6.21. The zero-order valence-corrected chi connectivity index (χ0v) is 18.1. The minimum absolute atomic E-state index is 0.0484. The Morgan fingerprint density at radius 1 is 1.07 bits per heavy atom. The highest BCUT2D eigenvalue weighted by Gasteiger charge is 2.25. The Bertz CT molecular complexity index is 871. The van der Waals surface area contributed by atoms with Gasteiger partial charge in [0.15, 0.2) is 5.69 Å². The van der Waals surface area contributed by atoms with Gasteiger partial charge in [0.05, 0.1) is 0 Å². The Balaban J connectivity index is 1.21. The van der Waals surface area contributed by atoms with E-state index in [9.17, 15) is 9.59 Å². The van der Waals surface area contributed by atoms with Crippen LogP contribution in [-0.2, 0) is 24.7 Å². The summed E-state index contributed by atoms with van der Waals surface area (Å²) in [5, 5.41) is 7.37. The summed E-state index contributed by atoms with van der Waals surface area (Å²) < 4.78 is 1.75. The molecule has 6 heteroatoms. The molecule has 4 rings (SSSR count). The number of piperidine rings is 1. The van der Waals surface area contributed by atoms with Gasteiger partial charge in [0.2, 0.25) is 5.91 Å². The average Bonchev–Trinajstić information content (AvgIpc) is 3.50. The maximum atomic E-state index is 12.7. The molecule has 1 saturated carbocycles. The molecule has 0 atom stereocenters. The van der Waals surface area contributed by atoms with E-state index in [-0.39, 0.29) is 11.8 Å². The van der Waals surface area contributed by atoms with Gasteiger partial charge in [0, 0.05) is 38.3 Å². The second-order valence-corrected chi connectivity index (χ2v) is 8.89. The summed E-state index contributed by atoms with van der Waals surface area (Å²) in [6.07, 6.45) is 6.74. The fraction of sp³-hybridized carbons (Fsp3) is 0.542. The van der Waals surface area contributed by atoms with Crippen LogP contribution >= 0.6 is 0 Å². The number of rotatable bonds is 7. The molecule has 2 fully saturated rings. The van der Waals surface area contributed by atoms with Crippen molar-refractivity contribution in [1.29, 1.82) is 0 Å². The van der Waals surface area contributed by atoms with Crippen molar-refractivity contribution in [3.05, 3.63) is 52.8 Å². The van der Waals surface area contributed by atoms with Gasteiger partial charge in [-0.2, -0.15) is 5.10 Å². The minimum atomic E-state index is 0.0484. The highest BCUT2D eigenvalue weighted by molar-refractivity contribution is 5.92. The number of likely N-dealkylation sites (tertiary alicyclic amines) is 1. The number of hydrogen-bond acceptors (Lipinski definition) is 3. The molecule has 2 heterocycles. The van der Waals surface area contributed by atoms with Crippen molar-refractivity contribution in [3.8, 4) is 0 Å². The zero-order valence-electron chi connectivity index (χ0n) is 18.1. The maximum Gasteiger partial charge on any atom is 0.274 e. The van der Waals surface area contributed by atoms with Crippen LogP contribution in [0.3, 0.4) is 0 Å². The predicted molar refractivity (Wildman–Crippen MR) is 116 cm³/mol. The largest absolute Gasteiger partial charge is 0.353 e. The Morgan fingerprint density at radius 3 is 2.33 bits per heavy atom. The Morgan fingerprint density at radius 2 is 1.73 bits per heavy atom. The fourth-order valence-corrected chi connectivity index (χ4v) is 4.13. The SMILES string of the molecule is Cc1cc(C(=O)N2CCC(Cc3ccc(CCC(=O)NC4CC4)cc3)CC2)nn1C. The van der Waals surface area contributed by atoms with Gasteiger partial charge in [-0.25, -0.2) is 0 Å². The van der Waals surface area contributed by atoms with Crippen molar-refractivity contribution in [1.82, 2.24) is 20.0 Å². The summed E-state index contributed by atoms with van der Waals surface area (Å²) in [5.74, 6) is 0.825. The van der Waals surface area contributed by atoms with Gasteiger partial charge in [-0.15, -0.1) is 0 Å². The van der Waals surface area contributed by atoms with Gasteiger partial charge < -0.3 is 10.2 Å². The smallest absolute Gasteiger partial charge is 0.274 e. The van der Waals surface area contributed by atoms with Crippen molar-refractivity contribution in [2.24, 2.45) is 13.0 Å². The first-order chi connectivity index (χ1) is 14.5. The maximum absolute atomic E-state index is 12.7. The molecule has 6 nitrogen and oxygen atoms in total. The molecule has 2 aliphatic rings. The number of nitrogens with zero attached hydrogens (tertiary/aromatic N) is 3. The van der Waals surface area contributed by atoms with Crippen LogP contribution in [0.2, 0.25) is 0 Å². The number of carbonyl (C=O) groups is 2. The average molecular weight is 409 g/mol. The van der Waals surface area contributed by atoms with Gasteiger partial charge in [-0.1, -0.05) is 24.3 Å². The van der Waals surface area contributed by atoms with Gasteiger partial charge in [-0.05, 0) is 68.6 Å². The normalized spacial score (nSPS) is 17.2. The van der Waals surface area contributed by atoms with Crippen LogP contribution < -0.4 is 5.32 Å². The van der Waals surface area contributed by atoms with Crippen LogP contribution in [0.15, 0.2) is 30.3 Å². The predicted octanol–water partition coefficient (Wildman–Crippen LogP) is 3.03. The summed E-state index contributed by atoms with van der Waals surface area (Å²) in [4.78, 5) is 26.4. The number of benzene rings is 1. The minimum Gasteiger partial charge on any atom is -0.353 e. The topological polar surface area (TPSA) is 67.2 Å². The van der Waals surface area contributed by atoms with E-state index < -0.39 is 0 Å². The number of hydrogen-bond donors (Lipinski definition) is 1. The molecule has 1 aromatic carbocycles. The van der Waals surface area contributed by atoms with Crippen LogP contribution in [0.25, 0.3) is 0 Å². The first-order valence-electron chi connectivity index (χ1n) is 11.1. The van der Waals surface area contributed by atoms with E-state index in [1.807, 2.05) is 24.9 Å². The molecular weight excluding hydrogens is 376 g/mol. The molecule has 0 radical (unpaired) electrons. The van der Waals surface area contributed by atoms with E-state index >= 15 is 0 Å². The van der Waals surface area contributed by atoms with Crippen LogP contribution in [0.4, 0.5) is 0 Å². The second-order valence-electron chi connectivity index (χ2n) is 8.89. The standard InChI is InChI=1S/C24H32N4O2/c1-17-15-22(26-27(17)2)24(30)28-13-11-20(12-14-28)16-19-5-3-18(4-6-19)7-10-23(29)25-21-8-9-21/h3-6,15,20-21H,7-14,16H2,1-2H3,(H,25,29). The highest BCUT2D eigenvalue weighted by Crippen LogP contribution is 2.23. The third-order valence-electron chi connectivity index (χ3n) is 6.37. The van der Waals surface area contributed by atoms with Crippen LogP contribution in [-0.4, -0.2) is 45.6 Å². The Hall–Kier alpha value is -2.63. The molecule has 1 aromatic heterocycles. The first-order valence-corrected chi connectivity index (χ1v) is 11.1. The molecule has 30 heavy (non-hydrogen) atoms. The fourth-order valence-electron chi connectivity index (χ4n) is 4.13. The molecule has 1 N–H and O–H groups in total.